The molecular formula is C18H10Cl2FNO3. The number of hydrogen-bond donors (Lipinski definition) is 1. The van der Waals surface area contributed by atoms with E-state index < -0.39 is 11.8 Å². The summed E-state index contributed by atoms with van der Waals surface area (Å²) >= 11 is 11.9. The van der Waals surface area contributed by atoms with E-state index in [9.17, 15) is 9.18 Å². The molecule has 0 amide bonds. The Kier molecular flexibility index (Phi) is 4.88. The lowest BCUT2D eigenvalue weighted by atomic mass is 10.1. The topological polar surface area (TPSA) is 59.4 Å². The number of rotatable bonds is 4. The van der Waals surface area contributed by atoms with E-state index >= 15 is 0 Å². The molecule has 25 heavy (non-hydrogen) atoms. The molecule has 0 radical (unpaired) electrons. The van der Waals surface area contributed by atoms with Gasteiger partial charge in [-0.1, -0.05) is 29.3 Å². The number of carboxylic acids is 1. The van der Waals surface area contributed by atoms with Crippen molar-refractivity contribution < 1.29 is 19.0 Å². The van der Waals surface area contributed by atoms with Crippen molar-refractivity contribution in [3.63, 3.8) is 0 Å². The summed E-state index contributed by atoms with van der Waals surface area (Å²) in [5, 5.41) is 9.83. The Morgan fingerprint density at radius 3 is 2.60 bits per heavy atom. The summed E-state index contributed by atoms with van der Waals surface area (Å²) < 4.78 is 19.7. The normalized spacial score (nSPS) is 10.5. The number of carboxylic acid groups (broad SMARTS) is 1. The lowest BCUT2D eigenvalue weighted by molar-refractivity contribution is 0.0697. The van der Waals surface area contributed by atoms with E-state index in [4.69, 9.17) is 33.0 Å². The van der Waals surface area contributed by atoms with Crippen LogP contribution in [-0.2, 0) is 0 Å². The largest absolute Gasteiger partial charge is 0.478 e. The maximum Gasteiger partial charge on any atom is 0.335 e. The van der Waals surface area contributed by atoms with Gasteiger partial charge in [-0.25, -0.2) is 14.2 Å². The summed E-state index contributed by atoms with van der Waals surface area (Å²) in [5.74, 6) is -1.21. The highest BCUT2D eigenvalue weighted by Crippen LogP contribution is 2.32. The third-order valence-corrected chi connectivity index (χ3v) is 3.85. The first kappa shape index (κ1) is 17.2. The van der Waals surface area contributed by atoms with E-state index in [-0.39, 0.29) is 22.7 Å². The Labute approximate surface area is 152 Å². The number of benzene rings is 2. The van der Waals surface area contributed by atoms with Crippen LogP contribution in [0.1, 0.15) is 10.4 Å². The van der Waals surface area contributed by atoms with Gasteiger partial charge in [-0.15, -0.1) is 0 Å². The van der Waals surface area contributed by atoms with Gasteiger partial charge in [-0.05, 0) is 42.5 Å². The molecule has 4 nitrogen and oxygen atoms in total. The summed E-state index contributed by atoms with van der Waals surface area (Å²) in [6, 6.07) is 13.0. The Balaban J connectivity index is 1.97. The first-order valence-corrected chi connectivity index (χ1v) is 7.83. The summed E-state index contributed by atoms with van der Waals surface area (Å²) in [4.78, 5) is 15.3. The SMILES string of the molecule is O=C(O)c1ccc(F)c(-c2cccc(Oc3ccc(Cl)cc3Cl)n2)c1. The predicted molar refractivity (Wildman–Crippen MR) is 93.1 cm³/mol. The maximum atomic E-state index is 14.1. The van der Waals surface area contributed by atoms with Crippen molar-refractivity contribution in [1.29, 1.82) is 0 Å². The number of aromatic carboxylic acids is 1. The van der Waals surface area contributed by atoms with Crippen molar-refractivity contribution in [3.8, 4) is 22.9 Å². The van der Waals surface area contributed by atoms with Crippen LogP contribution in [0.15, 0.2) is 54.6 Å². The minimum absolute atomic E-state index is 0.0368. The third kappa shape index (κ3) is 3.90. The van der Waals surface area contributed by atoms with Crippen LogP contribution in [0.2, 0.25) is 10.0 Å². The van der Waals surface area contributed by atoms with E-state index in [1.54, 1.807) is 30.3 Å². The standard InChI is InChI=1S/C18H10Cl2FNO3/c19-11-5-7-16(13(20)9-11)25-17-3-1-2-15(22-17)12-8-10(18(23)24)4-6-14(12)21/h1-9H,(H,23,24). The number of hydrogen-bond acceptors (Lipinski definition) is 3. The quantitative estimate of drug-likeness (QED) is 0.634. The van der Waals surface area contributed by atoms with Gasteiger partial charge in [0.25, 0.3) is 0 Å². The van der Waals surface area contributed by atoms with Gasteiger partial charge >= 0.3 is 5.97 Å². The van der Waals surface area contributed by atoms with Crippen LogP contribution in [0.5, 0.6) is 11.6 Å². The summed E-state index contributed by atoms with van der Waals surface area (Å²) in [7, 11) is 0. The second-order valence-electron chi connectivity index (χ2n) is 5.04. The molecule has 3 rings (SSSR count). The average Bonchev–Trinajstić information content (AvgIpc) is 2.58. The lowest BCUT2D eigenvalue weighted by Gasteiger charge is -2.09. The molecule has 1 aromatic heterocycles. The van der Waals surface area contributed by atoms with Gasteiger partial charge in [0.05, 0.1) is 16.3 Å². The zero-order valence-electron chi connectivity index (χ0n) is 12.5. The highest BCUT2D eigenvalue weighted by Gasteiger charge is 2.13. The molecule has 0 bridgehead atoms. The van der Waals surface area contributed by atoms with E-state index in [2.05, 4.69) is 4.98 Å². The fraction of sp³-hybridized carbons (Fsp3) is 0. The van der Waals surface area contributed by atoms with Crippen LogP contribution in [0.25, 0.3) is 11.3 Å². The minimum Gasteiger partial charge on any atom is -0.478 e. The molecule has 0 aliphatic carbocycles. The van der Waals surface area contributed by atoms with Crippen LogP contribution < -0.4 is 4.74 Å². The van der Waals surface area contributed by atoms with E-state index in [0.29, 0.717) is 15.8 Å². The number of ether oxygens (including phenoxy) is 1. The van der Waals surface area contributed by atoms with Gasteiger partial charge in [0.15, 0.2) is 0 Å². The second-order valence-corrected chi connectivity index (χ2v) is 5.88. The molecule has 0 aliphatic heterocycles. The summed E-state index contributed by atoms with van der Waals surface area (Å²) in [6.07, 6.45) is 0. The van der Waals surface area contributed by atoms with Crippen molar-refractivity contribution in [2.75, 3.05) is 0 Å². The molecule has 126 valence electrons. The molecule has 0 fully saturated rings. The van der Waals surface area contributed by atoms with Crippen molar-refractivity contribution in [2.45, 2.75) is 0 Å². The van der Waals surface area contributed by atoms with Crippen LogP contribution in [0.3, 0.4) is 0 Å². The lowest BCUT2D eigenvalue weighted by Crippen LogP contribution is -1.99. The number of halogens is 3. The molecule has 1 heterocycles. The van der Waals surface area contributed by atoms with Crippen LogP contribution in [0.4, 0.5) is 4.39 Å². The van der Waals surface area contributed by atoms with Crippen molar-refractivity contribution in [2.24, 2.45) is 0 Å². The summed E-state index contributed by atoms with van der Waals surface area (Å²) in [5.41, 5.74) is 0.265. The minimum atomic E-state index is -1.15. The Morgan fingerprint density at radius 2 is 1.88 bits per heavy atom. The van der Waals surface area contributed by atoms with Gasteiger partial charge in [-0.3, -0.25) is 0 Å². The molecule has 2 aromatic carbocycles. The highest BCUT2D eigenvalue weighted by atomic mass is 35.5. The molecule has 0 atom stereocenters. The fourth-order valence-electron chi connectivity index (χ4n) is 2.15. The Morgan fingerprint density at radius 1 is 1.08 bits per heavy atom. The average molecular weight is 378 g/mol. The van der Waals surface area contributed by atoms with Crippen LogP contribution in [0, 0.1) is 5.82 Å². The van der Waals surface area contributed by atoms with Gasteiger partial charge in [0.2, 0.25) is 5.88 Å². The maximum absolute atomic E-state index is 14.1. The molecule has 3 aromatic rings. The molecule has 0 spiro atoms. The van der Waals surface area contributed by atoms with E-state index in [0.717, 1.165) is 6.07 Å². The molecule has 0 aliphatic rings. The molecule has 0 saturated carbocycles. The predicted octanol–water partition coefficient (Wildman–Crippen LogP) is 5.69. The number of nitrogens with zero attached hydrogens (tertiary/aromatic N) is 1. The Hall–Kier alpha value is -2.63. The zero-order chi connectivity index (χ0) is 18.0. The van der Waals surface area contributed by atoms with Crippen molar-refractivity contribution in [3.05, 3.63) is 76.0 Å². The molecular weight excluding hydrogens is 368 g/mol. The van der Waals surface area contributed by atoms with Crippen LogP contribution >= 0.6 is 23.2 Å². The van der Waals surface area contributed by atoms with E-state index in [1.165, 1.54) is 18.2 Å². The van der Waals surface area contributed by atoms with Gasteiger partial charge in [-0.2, -0.15) is 0 Å². The van der Waals surface area contributed by atoms with Crippen LogP contribution in [-0.4, -0.2) is 16.1 Å². The smallest absolute Gasteiger partial charge is 0.335 e. The van der Waals surface area contributed by atoms with E-state index in [1.807, 2.05) is 0 Å². The monoisotopic (exact) mass is 377 g/mol. The highest BCUT2D eigenvalue weighted by molar-refractivity contribution is 6.35. The Bertz CT molecular complexity index is 963. The van der Waals surface area contributed by atoms with Gasteiger partial charge in [0, 0.05) is 16.7 Å². The number of aromatic nitrogens is 1. The first-order chi connectivity index (χ1) is 11.9. The van der Waals surface area contributed by atoms with Crippen molar-refractivity contribution in [1.82, 2.24) is 4.98 Å². The third-order valence-electron chi connectivity index (χ3n) is 3.32. The van der Waals surface area contributed by atoms with Gasteiger partial charge in [0.1, 0.15) is 11.6 Å². The number of pyridine rings is 1. The summed E-state index contributed by atoms with van der Waals surface area (Å²) in [6.45, 7) is 0. The molecule has 0 saturated heterocycles. The molecule has 1 N–H and O–H groups in total. The number of carbonyl (C=O) groups is 1. The molecule has 7 heteroatoms. The second kappa shape index (κ2) is 7.09. The van der Waals surface area contributed by atoms with Gasteiger partial charge < -0.3 is 9.84 Å². The van der Waals surface area contributed by atoms with Crippen molar-refractivity contribution >= 4 is 29.2 Å². The fourth-order valence-corrected chi connectivity index (χ4v) is 2.59. The zero-order valence-corrected chi connectivity index (χ0v) is 14.1. The molecule has 0 unspecified atom stereocenters. The first-order valence-electron chi connectivity index (χ1n) is 7.07.